The van der Waals surface area contributed by atoms with E-state index in [1.165, 1.54) is 10.5 Å². The molecule has 0 aromatic carbocycles. The fraction of sp³-hybridized carbons (Fsp3) is 0.188. The summed E-state index contributed by atoms with van der Waals surface area (Å²) in [6.45, 7) is 2.94. The van der Waals surface area contributed by atoms with Crippen molar-refractivity contribution in [2.24, 2.45) is 0 Å². The molecule has 3 aromatic rings. The number of aryl methyl sites for hydroxylation is 1. The van der Waals surface area contributed by atoms with E-state index in [-0.39, 0.29) is 0 Å². The molecule has 0 amide bonds. The number of anilines is 1. The Labute approximate surface area is 132 Å². The number of hydrogen-bond donors (Lipinski definition) is 1. The van der Waals surface area contributed by atoms with Crippen LogP contribution in [0, 0.1) is 6.92 Å². The van der Waals surface area contributed by atoms with Crippen molar-refractivity contribution in [3.8, 4) is 0 Å². The van der Waals surface area contributed by atoms with E-state index >= 15 is 0 Å². The Kier molecular flexibility index (Phi) is 3.31. The first-order valence-electron chi connectivity index (χ1n) is 7.13. The molecule has 4 rings (SSSR count). The van der Waals surface area contributed by atoms with Gasteiger partial charge in [-0.2, -0.15) is 0 Å². The van der Waals surface area contributed by atoms with E-state index in [1.54, 1.807) is 6.33 Å². The standard InChI is InChI=1S/C16H15N5S/c1-11-8-15(20-10-19-11)21-6-7-22-14(9-21)12-2-4-17-16-13(12)3-5-18-16/h2-5,8-10H,6-7H2,1H3,(H,17,18). The molecule has 0 saturated carbocycles. The molecule has 0 atom stereocenters. The number of nitrogens with one attached hydrogen (secondary N) is 1. The molecule has 0 aliphatic carbocycles. The van der Waals surface area contributed by atoms with Gasteiger partial charge in [0.15, 0.2) is 0 Å². The zero-order chi connectivity index (χ0) is 14.9. The van der Waals surface area contributed by atoms with Crippen LogP contribution in [0.1, 0.15) is 11.3 Å². The van der Waals surface area contributed by atoms with E-state index in [2.05, 4.69) is 43.2 Å². The van der Waals surface area contributed by atoms with Crippen molar-refractivity contribution >= 4 is 33.5 Å². The van der Waals surface area contributed by atoms with E-state index < -0.39 is 0 Å². The second kappa shape index (κ2) is 5.46. The summed E-state index contributed by atoms with van der Waals surface area (Å²) in [5, 5.41) is 1.15. The number of rotatable bonds is 2. The van der Waals surface area contributed by atoms with Crippen LogP contribution in [0.3, 0.4) is 0 Å². The average Bonchev–Trinajstić information content (AvgIpc) is 3.03. The highest BCUT2D eigenvalue weighted by Gasteiger charge is 2.17. The normalized spacial score (nSPS) is 15.1. The Morgan fingerprint density at radius 1 is 1.23 bits per heavy atom. The minimum atomic E-state index is 0.925. The van der Waals surface area contributed by atoms with Gasteiger partial charge >= 0.3 is 0 Å². The molecule has 0 unspecified atom stereocenters. The van der Waals surface area contributed by atoms with E-state index in [0.29, 0.717) is 0 Å². The molecule has 110 valence electrons. The van der Waals surface area contributed by atoms with E-state index in [4.69, 9.17) is 0 Å². The predicted octanol–water partition coefficient (Wildman–Crippen LogP) is 3.21. The number of H-pyrrole nitrogens is 1. The summed E-state index contributed by atoms with van der Waals surface area (Å²) in [5.74, 6) is 1.98. The van der Waals surface area contributed by atoms with Gasteiger partial charge in [-0.3, -0.25) is 0 Å². The van der Waals surface area contributed by atoms with Crippen LogP contribution in [0.25, 0.3) is 15.9 Å². The summed E-state index contributed by atoms with van der Waals surface area (Å²) >= 11 is 1.87. The quantitative estimate of drug-likeness (QED) is 0.787. The minimum Gasteiger partial charge on any atom is -0.346 e. The molecular weight excluding hydrogens is 294 g/mol. The summed E-state index contributed by atoms with van der Waals surface area (Å²) in [6, 6.07) is 6.17. The molecule has 1 aliphatic heterocycles. The maximum atomic E-state index is 4.39. The molecule has 0 radical (unpaired) electrons. The number of thioether (sulfide) groups is 1. The summed E-state index contributed by atoms with van der Waals surface area (Å²) in [6.07, 6.45) is 7.58. The molecule has 22 heavy (non-hydrogen) atoms. The molecule has 5 nitrogen and oxygen atoms in total. The Bertz CT molecular complexity index is 854. The van der Waals surface area contributed by atoms with E-state index in [0.717, 1.165) is 34.8 Å². The second-order valence-corrected chi connectivity index (χ2v) is 6.29. The topological polar surface area (TPSA) is 57.7 Å². The van der Waals surface area contributed by atoms with Crippen molar-refractivity contribution in [1.82, 2.24) is 19.9 Å². The van der Waals surface area contributed by atoms with Crippen LogP contribution in [0.5, 0.6) is 0 Å². The van der Waals surface area contributed by atoms with Gasteiger partial charge in [0.25, 0.3) is 0 Å². The van der Waals surface area contributed by atoms with Crippen molar-refractivity contribution in [2.75, 3.05) is 17.2 Å². The molecule has 0 bridgehead atoms. The fourth-order valence-electron chi connectivity index (χ4n) is 2.60. The highest BCUT2D eigenvalue weighted by atomic mass is 32.2. The zero-order valence-corrected chi connectivity index (χ0v) is 13.0. The summed E-state index contributed by atoms with van der Waals surface area (Å²) < 4.78 is 0. The highest BCUT2D eigenvalue weighted by Crippen LogP contribution is 2.35. The first kappa shape index (κ1) is 13.3. The van der Waals surface area contributed by atoms with Crippen LogP contribution in [-0.2, 0) is 0 Å². The van der Waals surface area contributed by atoms with Crippen LogP contribution < -0.4 is 4.90 Å². The number of aromatic nitrogens is 4. The van der Waals surface area contributed by atoms with Crippen LogP contribution in [-0.4, -0.2) is 32.2 Å². The minimum absolute atomic E-state index is 0.925. The third-order valence-electron chi connectivity index (χ3n) is 3.67. The average molecular weight is 309 g/mol. The van der Waals surface area contributed by atoms with Gasteiger partial charge in [0.05, 0.1) is 0 Å². The third-order valence-corrected chi connectivity index (χ3v) is 4.70. The number of aromatic amines is 1. The molecule has 6 heteroatoms. The lowest BCUT2D eigenvalue weighted by Crippen LogP contribution is -2.24. The predicted molar refractivity (Wildman–Crippen MR) is 90.6 cm³/mol. The van der Waals surface area contributed by atoms with Gasteiger partial charge in [0, 0.05) is 58.5 Å². The Morgan fingerprint density at radius 2 is 2.18 bits per heavy atom. The molecule has 0 fully saturated rings. The Balaban J connectivity index is 1.77. The van der Waals surface area contributed by atoms with Gasteiger partial charge in [-0.1, -0.05) is 0 Å². The number of hydrogen-bond acceptors (Lipinski definition) is 5. The second-order valence-electron chi connectivity index (χ2n) is 5.15. The SMILES string of the molecule is Cc1cc(N2C=C(c3ccnc4[nH]ccc34)SCC2)ncn1. The van der Waals surface area contributed by atoms with Crippen LogP contribution in [0.4, 0.5) is 5.82 Å². The van der Waals surface area contributed by atoms with Crippen LogP contribution in [0.2, 0.25) is 0 Å². The smallest absolute Gasteiger partial charge is 0.137 e. The van der Waals surface area contributed by atoms with E-state index in [1.807, 2.05) is 37.1 Å². The number of nitrogens with zero attached hydrogens (tertiary/aromatic N) is 4. The third kappa shape index (κ3) is 2.35. The summed E-state index contributed by atoms with van der Waals surface area (Å²) in [7, 11) is 0. The molecular formula is C16H15N5S. The molecule has 3 aromatic heterocycles. The van der Waals surface area contributed by atoms with Crippen molar-refractivity contribution < 1.29 is 0 Å². The zero-order valence-electron chi connectivity index (χ0n) is 12.2. The molecule has 1 N–H and O–H groups in total. The lowest BCUT2D eigenvalue weighted by atomic mass is 10.2. The highest BCUT2D eigenvalue weighted by molar-refractivity contribution is 8.08. The van der Waals surface area contributed by atoms with Crippen molar-refractivity contribution in [2.45, 2.75) is 6.92 Å². The lowest BCUT2D eigenvalue weighted by molar-refractivity contribution is 0.964. The monoisotopic (exact) mass is 309 g/mol. The number of pyridine rings is 1. The Hall–Kier alpha value is -2.34. The van der Waals surface area contributed by atoms with Gasteiger partial charge in [-0.15, -0.1) is 11.8 Å². The maximum absolute atomic E-state index is 4.39. The first-order valence-corrected chi connectivity index (χ1v) is 8.12. The van der Waals surface area contributed by atoms with Crippen LogP contribution in [0.15, 0.2) is 43.1 Å². The molecule has 1 aliphatic rings. The Morgan fingerprint density at radius 3 is 3.09 bits per heavy atom. The fourth-order valence-corrected chi connectivity index (χ4v) is 3.64. The summed E-state index contributed by atoms with van der Waals surface area (Å²) in [5.41, 5.74) is 3.12. The first-order chi connectivity index (χ1) is 10.8. The van der Waals surface area contributed by atoms with Gasteiger partial charge < -0.3 is 9.88 Å². The molecule has 0 spiro atoms. The largest absolute Gasteiger partial charge is 0.346 e. The lowest BCUT2D eigenvalue weighted by Gasteiger charge is -2.25. The van der Waals surface area contributed by atoms with Gasteiger partial charge in [0.1, 0.15) is 17.8 Å². The van der Waals surface area contributed by atoms with Gasteiger partial charge in [0.2, 0.25) is 0 Å². The van der Waals surface area contributed by atoms with E-state index in [9.17, 15) is 0 Å². The van der Waals surface area contributed by atoms with Crippen molar-refractivity contribution in [1.29, 1.82) is 0 Å². The van der Waals surface area contributed by atoms with Gasteiger partial charge in [-0.05, 0) is 19.1 Å². The molecule has 4 heterocycles. The molecule has 0 saturated heterocycles. The number of fused-ring (bicyclic) bond motifs is 1. The van der Waals surface area contributed by atoms with Crippen molar-refractivity contribution in [3.63, 3.8) is 0 Å². The van der Waals surface area contributed by atoms with Crippen molar-refractivity contribution in [3.05, 3.63) is 54.4 Å². The summed E-state index contributed by atoms with van der Waals surface area (Å²) in [4.78, 5) is 19.5. The van der Waals surface area contributed by atoms with Crippen LogP contribution >= 0.6 is 11.8 Å². The van der Waals surface area contributed by atoms with Gasteiger partial charge in [-0.25, -0.2) is 15.0 Å². The maximum Gasteiger partial charge on any atom is 0.137 e.